The first-order valence-corrected chi connectivity index (χ1v) is 9.89. The van der Waals surface area contributed by atoms with E-state index in [0.29, 0.717) is 24.6 Å². The zero-order valence-electron chi connectivity index (χ0n) is 14.2. The van der Waals surface area contributed by atoms with Gasteiger partial charge in [-0.2, -0.15) is 4.31 Å². The zero-order chi connectivity index (χ0) is 18.7. The fourth-order valence-corrected chi connectivity index (χ4v) is 3.46. The summed E-state index contributed by atoms with van der Waals surface area (Å²) in [5, 5.41) is 0. The van der Waals surface area contributed by atoms with Crippen LogP contribution in [0.3, 0.4) is 0 Å². The molecule has 26 heavy (non-hydrogen) atoms. The number of piperazine rings is 1. The molecule has 0 spiro atoms. The second kappa shape index (κ2) is 7.46. The van der Waals surface area contributed by atoms with Crippen LogP contribution in [-0.4, -0.2) is 56.0 Å². The van der Waals surface area contributed by atoms with Gasteiger partial charge in [0.15, 0.2) is 5.76 Å². The molecule has 0 unspecified atom stereocenters. The summed E-state index contributed by atoms with van der Waals surface area (Å²) in [6, 6.07) is 8.81. The fourth-order valence-electron chi connectivity index (χ4n) is 2.63. The van der Waals surface area contributed by atoms with E-state index in [1.807, 2.05) is 0 Å². The Kier molecular flexibility index (Phi) is 5.28. The summed E-state index contributed by atoms with van der Waals surface area (Å²) in [4.78, 5) is 14.0. The minimum absolute atomic E-state index is 0.112. The molecule has 1 amide bonds. The maximum absolute atomic E-state index is 12.9. The van der Waals surface area contributed by atoms with Crippen molar-refractivity contribution in [2.75, 3.05) is 32.4 Å². The summed E-state index contributed by atoms with van der Waals surface area (Å²) in [5.74, 6) is 0.501. The summed E-state index contributed by atoms with van der Waals surface area (Å²) in [7, 11) is -3.24. The molecule has 140 valence electrons. The molecule has 1 saturated heterocycles. The van der Waals surface area contributed by atoms with Crippen LogP contribution in [0.2, 0.25) is 0 Å². The van der Waals surface area contributed by atoms with Gasteiger partial charge in [0.25, 0.3) is 5.91 Å². The third kappa shape index (κ3) is 4.41. The Morgan fingerprint density at radius 1 is 1.12 bits per heavy atom. The van der Waals surface area contributed by atoms with Crippen molar-refractivity contribution < 1.29 is 26.8 Å². The summed E-state index contributed by atoms with van der Waals surface area (Å²) in [6.07, 6.45) is 1.16. The lowest BCUT2D eigenvalue weighted by atomic mass is 10.3. The topological polar surface area (TPSA) is 80.1 Å². The van der Waals surface area contributed by atoms with Gasteiger partial charge in [-0.1, -0.05) is 0 Å². The Morgan fingerprint density at radius 2 is 1.77 bits per heavy atom. The number of amides is 1. The van der Waals surface area contributed by atoms with E-state index in [1.165, 1.54) is 28.6 Å². The van der Waals surface area contributed by atoms with Gasteiger partial charge in [-0.3, -0.25) is 4.79 Å². The smallest absolute Gasteiger partial charge is 0.289 e. The zero-order valence-corrected chi connectivity index (χ0v) is 15.0. The van der Waals surface area contributed by atoms with Crippen LogP contribution in [0.4, 0.5) is 4.39 Å². The molecule has 3 rings (SSSR count). The normalized spacial score (nSPS) is 15.8. The maximum Gasteiger partial charge on any atom is 0.289 e. The standard InChI is InChI=1S/C17H19FN2O5S/c1-26(22,23)20-10-8-19(9-11-20)17(21)16-7-6-15(25-16)12-24-14-4-2-13(18)3-5-14/h2-7H,8-12H2,1H3. The monoisotopic (exact) mass is 382 g/mol. The van der Waals surface area contributed by atoms with Crippen LogP contribution in [0.25, 0.3) is 0 Å². The van der Waals surface area contributed by atoms with Crippen LogP contribution in [0.1, 0.15) is 16.3 Å². The second-order valence-corrected chi connectivity index (χ2v) is 7.95. The van der Waals surface area contributed by atoms with Crippen molar-refractivity contribution in [3.63, 3.8) is 0 Å². The molecule has 9 heteroatoms. The number of sulfonamides is 1. The number of carbonyl (C=O) groups excluding carboxylic acids is 1. The van der Waals surface area contributed by atoms with E-state index in [9.17, 15) is 17.6 Å². The molecule has 7 nitrogen and oxygen atoms in total. The number of benzene rings is 1. The number of carbonyl (C=O) groups is 1. The van der Waals surface area contributed by atoms with Crippen LogP contribution >= 0.6 is 0 Å². The Balaban J connectivity index is 1.56. The molecule has 2 heterocycles. The predicted molar refractivity (Wildman–Crippen MR) is 91.8 cm³/mol. The SMILES string of the molecule is CS(=O)(=O)N1CCN(C(=O)c2ccc(COc3ccc(F)cc3)o2)CC1. The average Bonchev–Trinajstić information content (AvgIpc) is 3.09. The molecular weight excluding hydrogens is 363 g/mol. The highest BCUT2D eigenvalue weighted by Gasteiger charge is 2.27. The maximum atomic E-state index is 12.9. The van der Waals surface area contributed by atoms with E-state index in [-0.39, 0.29) is 37.2 Å². The first-order valence-electron chi connectivity index (χ1n) is 8.04. The molecule has 1 aromatic heterocycles. The van der Waals surface area contributed by atoms with Crippen LogP contribution in [0.5, 0.6) is 5.75 Å². The lowest BCUT2D eigenvalue weighted by molar-refractivity contribution is 0.0662. The third-order valence-corrected chi connectivity index (χ3v) is 5.37. The van der Waals surface area contributed by atoms with E-state index < -0.39 is 10.0 Å². The Labute approximate surface area is 151 Å². The van der Waals surface area contributed by atoms with E-state index in [4.69, 9.17) is 9.15 Å². The molecule has 0 aliphatic carbocycles. The van der Waals surface area contributed by atoms with Crippen molar-refractivity contribution in [3.8, 4) is 5.75 Å². The third-order valence-electron chi connectivity index (χ3n) is 4.06. The van der Waals surface area contributed by atoms with Gasteiger partial charge < -0.3 is 14.1 Å². The number of furan rings is 1. The summed E-state index contributed by atoms with van der Waals surface area (Å²) < 4.78 is 48.2. The van der Waals surface area contributed by atoms with Gasteiger partial charge >= 0.3 is 0 Å². The van der Waals surface area contributed by atoms with Gasteiger partial charge in [0.2, 0.25) is 10.0 Å². The molecule has 0 radical (unpaired) electrons. The first-order chi connectivity index (χ1) is 12.3. The summed E-state index contributed by atoms with van der Waals surface area (Å²) >= 11 is 0. The number of hydrogen-bond donors (Lipinski definition) is 0. The van der Waals surface area contributed by atoms with Gasteiger partial charge in [0.05, 0.1) is 6.26 Å². The van der Waals surface area contributed by atoms with E-state index in [1.54, 1.807) is 17.0 Å². The van der Waals surface area contributed by atoms with Gasteiger partial charge in [-0.15, -0.1) is 0 Å². The molecule has 0 bridgehead atoms. The molecule has 2 aromatic rings. The number of rotatable bonds is 5. The van der Waals surface area contributed by atoms with E-state index in [2.05, 4.69) is 0 Å². The van der Waals surface area contributed by atoms with E-state index in [0.717, 1.165) is 6.26 Å². The molecule has 0 saturated carbocycles. The van der Waals surface area contributed by atoms with Crippen LogP contribution in [0, 0.1) is 5.82 Å². The quantitative estimate of drug-likeness (QED) is 0.787. The number of ether oxygens (including phenoxy) is 1. The summed E-state index contributed by atoms with van der Waals surface area (Å²) in [6.45, 7) is 1.28. The molecule has 1 aromatic carbocycles. The molecule has 0 N–H and O–H groups in total. The van der Waals surface area contributed by atoms with Crippen molar-refractivity contribution in [3.05, 3.63) is 53.7 Å². The highest BCUT2D eigenvalue weighted by Crippen LogP contribution is 2.17. The van der Waals surface area contributed by atoms with Crippen LogP contribution in [-0.2, 0) is 16.6 Å². The fraction of sp³-hybridized carbons (Fsp3) is 0.353. The van der Waals surface area contributed by atoms with E-state index >= 15 is 0 Å². The molecule has 1 aliphatic heterocycles. The first kappa shape index (κ1) is 18.4. The molecule has 1 aliphatic rings. The molecular formula is C17H19FN2O5S. The second-order valence-electron chi connectivity index (χ2n) is 5.96. The lowest BCUT2D eigenvalue weighted by Crippen LogP contribution is -2.50. The molecule has 1 fully saturated rings. The van der Waals surface area contributed by atoms with Gasteiger partial charge in [-0.05, 0) is 36.4 Å². The highest BCUT2D eigenvalue weighted by atomic mass is 32.2. The van der Waals surface area contributed by atoms with Gasteiger partial charge in [0, 0.05) is 26.2 Å². The van der Waals surface area contributed by atoms with Crippen molar-refractivity contribution in [2.45, 2.75) is 6.61 Å². The number of nitrogens with zero attached hydrogens (tertiary/aromatic N) is 2. The van der Waals surface area contributed by atoms with Crippen LogP contribution < -0.4 is 4.74 Å². The van der Waals surface area contributed by atoms with Crippen molar-refractivity contribution in [2.24, 2.45) is 0 Å². The minimum atomic E-state index is -3.24. The molecule has 0 atom stereocenters. The van der Waals surface area contributed by atoms with Gasteiger partial charge in [-0.25, -0.2) is 12.8 Å². The largest absolute Gasteiger partial charge is 0.486 e. The number of hydrogen-bond acceptors (Lipinski definition) is 5. The Morgan fingerprint density at radius 3 is 2.38 bits per heavy atom. The lowest BCUT2D eigenvalue weighted by Gasteiger charge is -2.32. The predicted octanol–water partition coefficient (Wildman–Crippen LogP) is 1.72. The van der Waals surface area contributed by atoms with Crippen molar-refractivity contribution in [1.82, 2.24) is 9.21 Å². The Hall–Kier alpha value is -2.39. The number of halogens is 1. The summed E-state index contributed by atoms with van der Waals surface area (Å²) in [5.41, 5.74) is 0. The minimum Gasteiger partial charge on any atom is -0.486 e. The Bertz CT molecular complexity index is 871. The average molecular weight is 382 g/mol. The van der Waals surface area contributed by atoms with Crippen molar-refractivity contribution >= 4 is 15.9 Å². The van der Waals surface area contributed by atoms with Crippen LogP contribution in [0.15, 0.2) is 40.8 Å². The highest BCUT2D eigenvalue weighted by molar-refractivity contribution is 7.88. The van der Waals surface area contributed by atoms with Gasteiger partial charge in [0.1, 0.15) is 23.9 Å². The van der Waals surface area contributed by atoms with Crippen molar-refractivity contribution in [1.29, 1.82) is 0 Å².